The number of anilines is 1. The van der Waals surface area contributed by atoms with Crippen LogP contribution in [-0.2, 0) is 12.7 Å². The number of hydrogen-bond donors (Lipinski definition) is 1. The maximum atomic E-state index is 12.9. The number of halogens is 4. The van der Waals surface area contributed by atoms with Gasteiger partial charge in [0.2, 0.25) is 0 Å². The Kier molecular flexibility index (Phi) is 3.42. The van der Waals surface area contributed by atoms with Crippen molar-refractivity contribution in [2.45, 2.75) is 12.7 Å². The van der Waals surface area contributed by atoms with Crippen LogP contribution in [0.3, 0.4) is 0 Å². The topological polar surface area (TPSA) is 98.2 Å². The largest absolute Gasteiger partial charge is 0.417 e. The van der Waals surface area contributed by atoms with E-state index in [1.807, 2.05) is 0 Å². The zero-order valence-electron chi connectivity index (χ0n) is 12.1. The number of tetrazole rings is 1. The Morgan fingerprint density at radius 3 is 2.80 bits per heavy atom. The van der Waals surface area contributed by atoms with E-state index in [-0.39, 0.29) is 23.0 Å². The molecule has 9 nitrogen and oxygen atoms in total. The molecule has 0 saturated heterocycles. The molecule has 25 heavy (non-hydrogen) atoms. The van der Waals surface area contributed by atoms with Crippen LogP contribution in [0.1, 0.15) is 11.4 Å². The SMILES string of the molecule is FC(F)(F)c1cc(Cl)c2nnc(CNc3ccc4nnnn4n3)n2c1. The second-order valence-corrected chi connectivity index (χ2v) is 5.39. The van der Waals surface area contributed by atoms with Gasteiger partial charge in [0.05, 0.1) is 17.1 Å². The summed E-state index contributed by atoms with van der Waals surface area (Å²) in [5, 5.41) is 25.4. The smallest absolute Gasteiger partial charge is 0.361 e. The van der Waals surface area contributed by atoms with Crippen LogP contribution in [0.4, 0.5) is 19.0 Å². The normalized spacial score (nSPS) is 12.2. The molecule has 0 aliphatic rings. The lowest BCUT2D eigenvalue weighted by molar-refractivity contribution is -0.137. The number of nitrogens with zero attached hydrogens (tertiary/aromatic N) is 8. The molecule has 0 aliphatic carbocycles. The standard InChI is InChI=1S/C12H7ClF3N9/c13-7-3-6(12(14,15)16)5-24-10(18-20-11(7)24)4-17-8-1-2-9-19-22-23-25(9)21-8/h1-3,5H,4H2,(H,17,21). The predicted molar refractivity (Wildman–Crippen MR) is 78.9 cm³/mol. The first-order chi connectivity index (χ1) is 11.9. The van der Waals surface area contributed by atoms with E-state index in [0.29, 0.717) is 11.5 Å². The molecule has 0 radical (unpaired) electrons. The molecule has 4 rings (SSSR count). The second-order valence-electron chi connectivity index (χ2n) is 4.98. The third kappa shape index (κ3) is 2.80. The van der Waals surface area contributed by atoms with Crippen molar-refractivity contribution in [1.29, 1.82) is 0 Å². The molecule has 0 saturated carbocycles. The number of rotatable bonds is 3. The molecule has 4 aromatic rings. The van der Waals surface area contributed by atoms with Gasteiger partial charge in [-0.1, -0.05) is 11.6 Å². The van der Waals surface area contributed by atoms with E-state index < -0.39 is 11.7 Å². The molecule has 1 N–H and O–H groups in total. The Bertz CT molecular complexity index is 1070. The number of fused-ring (bicyclic) bond motifs is 2. The van der Waals surface area contributed by atoms with E-state index in [9.17, 15) is 13.2 Å². The summed E-state index contributed by atoms with van der Waals surface area (Å²) in [6.07, 6.45) is -3.63. The molecule has 0 atom stereocenters. The van der Waals surface area contributed by atoms with E-state index in [1.165, 1.54) is 9.03 Å². The van der Waals surface area contributed by atoms with Crippen molar-refractivity contribution in [3.8, 4) is 0 Å². The summed E-state index contributed by atoms with van der Waals surface area (Å²) in [6.45, 7) is 0.0689. The molecule has 4 aromatic heterocycles. The third-order valence-electron chi connectivity index (χ3n) is 3.35. The van der Waals surface area contributed by atoms with Gasteiger partial charge in [0.25, 0.3) is 0 Å². The highest BCUT2D eigenvalue weighted by molar-refractivity contribution is 6.33. The maximum absolute atomic E-state index is 12.9. The van der Waals surface area contributed by atoms with Crippen molar-refractivity contribution >= 4 is 28.7 Å². The molecular formula is C12H7ClF3N9. The molecular weight excluding hydrogens is 363 g/mol. The van der Waals surface area contributed by atoms with E-state index in [1.54, 1.807) is 12.1 Å². The minimum absolute atomic E-state index is 0.0689. The molecule has 4 heterocycles. The predicted octanol–water partition coefficient (Wildman–Crippen LogP) is 1.85. The van der Waals surface area contributed by atoms with Crippen molar-refractivity contribution in [3.63, 3.8) is 0 Å². The van der Waals surface area contributed by atoms with E-state index in [2.05, 4.69) is 36.1 Å². The van der Waals surface area contributed by atoms with Gasteiger partial charge in [-0.25, -0.2) is 0 Å². The average Bonchev–Trinajstić information content (AvgIpc) is 3.18. The minimum atomic E-state index is -4.53. The lowest BCUT2D eigenvalue weighted by Gasteiger charge is -2.09. The summed E-state index contributed by atoms with van der Waals surface area (Å²) in [5.74, 6) is 0.649. The summed E-state index contributed by atoms with van der Waals surface area (Å²) >= 11 is 5.87. The van der Waals surface area contributed by atoms with E-state index in [0.717, 1.165) is 12.3 Å². The van der Waals surface area contributed by atoms with Gasteiger partial charge >= 0.3 is 6.18 Å². The number of aromatic nitrogens is 8. The van der Waals surface area contributed by atoms with Crippen LogP contribution in [0, 0.1) is 0 Å². The third-order valence-corrected chi connectivity index (χ3v) is 3.63. The van der Waals surface area contributed by atoms with Crippen molar-refractivity contribution in [2.24, 2.45) is 0 Å². The zero-order chi connectivity index (χ0) is 17.6. The minimum Gasteiger partial charge on any atom is -0.361 e. The molecule has 0 unspecified atom stereocenters. The van der Waals surface area contributed by atoms with E-state index in [4.69, 9.17) is 11.6 Å². The van der Waals surface area contributed by atoms with E-state index >= 15 is 0 Å². The summed E-state index contributed by atoms with van der Waals surface area (Å²) < 4.78 is 41.2. The fourth-order valence-corrected chi connectivity index (χ4v) is 2.44. The highest BCUT2D eigenvalue weighted by atomic mass is 35.5. The first kappa shape index (κ1) is 15.5. The summed E-state index contributed by atoms with van der Waals surface area (Å²) in [7, 11) is 0. The number of pyridine rings is 1. The Labute approximate surface area is 141 Å². The number of alkyl halides is 3. The fraction of sp³-hybridized carbons (Fsp3) is 0.167. The van der Waals surface area contributed by atoms with Crippen LogP contribution in [0.25, 0.3) is 11.3 Å². The van der Waals surface area contributed by atoms with Gasteiger partial charge < -0.3 is 5.32 Å². The summed E-state index contributed by atoms with van der Waals surface area (Å²) in [6, 6.07) is 4.08. The molecule has 0 bridgehead atoms. The van der Waals surface area contributed by atoms with Gasteiger partial charge in [0.15, 0.2) is 17.1 Å². The van der Waals surface area contributed by atoms with Crippen molar-refractivity contribution in [2.75, 3.05) is 5.32 Å². The number of nitrogens with one attached hydrogen (secondary N) is 1. The van der Waals surface area contributed by atoms with Crippen LogP contribution >= 0.6 is 11.6 Å². The van der Waals surface area contributed by atoms with Crippen molar-refractivity contribution in [3.05, 3.63) is 40.8 Å². The molecule has 0 aliphatic heterocycles. The van der Waals surface area contributed by atoms with Crippen LogP contribution in [0.2, 0.25) is 5.02 Å². The van der Waals surface area contributed by atoms with Crippen molar-refractivity contribution in [1.82, 2.24) is 39.9 Å². The van der Waals surface area contributed by atoms with Gasteiger partial charge in [0.1, 0.15) is 5.82 Å². The fourth-order valence-electron chi connectivity index (χ4n) is 2.19. The van der Waals surface area contributed by atoms with Gasteiger partial charge in [0, 0.05) is 6.20 Å². The lowest BCUT2D eigenvalue weighted by atomic mass is 10.3. The Morgan fingerprint density at radius 1 is 1.16 bits per heavy atom. The Balaban J connectivity index is 1.65. The quantitative estimate of drug-likeness (QED) is 0.588. The Morgan fingerprint density at radius 2 is 2.00 bits per heavy atom. The summed E-state index contributed by atoms with van der Waals surface area (Å²) in [5.41, 5.74) is -0.297. The highest BCUT2D eigenvalue weighted by Gasteiger charge is 2.32. The van der Waals surface area contributed by atoms with Gasteiger partial charge in [-0.3, -0.25) is 4.40 Å². The first-order valence-corrected chi connectivity index (χ1v) is 7.19. The molecule has 0 fully saturated rings. The zero-order valence-corrected chi connectivity index (χ0v) is 12.9. The van der Waals surface area contributed by atoms with Crippen LogP contribution < -0.4 is 5.32 Å². The van der Waals surface area contributed by atoms with Gasteiger partial charge in [-0.2, -0.15) is 13.2 Å². The van der Waals surface area contributed by atoms with Crippen LogP contribution in [0.15, 0.2) is 24.4 Å². The maximum Gasteiger partial charge on any atom is 0.417 e. The monoisotopic (exact) mass is 369 g/mol. The molecule has 128 valence electrons. The Hall–Kier alpha value is -3.02. The molecule has 0 spiro atoms. The average molecular weight is 370 g/mol. The first-order valence-electron chi connectivity index (χ1n) is 6.81. The van der Waals surface area contributed by atoms with Gasteiger partial charge in [-0.15, -0.1) is 25.0 Å². The second kappa shape index (κ2) is 5.51. The molecule has 0 amide bonds. The summed E-state index contributed by atoms with van der Waals surface area (Å²) in [4.78, 5) is 0. The van der Waals surface area contributed by atoms with Crippen LogP contribution in [-0.4, -0.2) is 39.9 Å². The molecule has 0 aromatic carbocycles. The van der Waals surface area contributed by atoms with Crippen LogP contribution in [0.5, 0.6) is 0 Å². The van der Waals surface area contributed by atoms with Gasteiger partial charge in [-0.05, 0) is 28.6 Å². The number of hydrogen-bond acceptors (Lipinski definition) is 7. The lowest BCUT2D eigenvalue weighted by Crippen LogP contribution is -2.10. The molecule has 13 heteroatoms. The van der Waals surface area contributed by atoms with Crippen molar-refractivity contribution < 1.29 is 13.2 Å². The highest BCUT2D eigenvalue weighted by Crippen LogP contribution is 2.32.